The molecule has 1 amide bonds. The number of rotatable bonds is 5. The van der Waals surface area contributed by atoms with Crippen molar-refractivity contribution in [3.8, 4) is 35.0 Å². The van der Waals surface area contributed by atoms with Crippen LogP contribution in [0.15, 0.2) is 23.4 Å². The van der Waals surface area contributed by atoms with Crippen LogP contribution in [0.4, 0.5) is 4.79 Å². The van der Waals surface area contributed by atoms with E-state index in [1.165, 1.54) is 11.8 Å². The van der Waals surface area contributed by atoms with Gasteiger partial charge in [-0.25, -0.2) is 9.78 Å². The summed E-state index contributed by atoms with van der Waals surface area (Å²) in [7, 11) is 1.64. The third-order valence-electron chi connectivity index (χ3n) is 6.39. The molecule has 10 heteroatoms. The number of benzene rings is 1. The normalized spacial score (nSPS) is 15.8. The monoisotopic (exact) mass is 507 g/mol. The zero-order valence-electron chi connectivity index (χ0n) is 21.0. The van der Waals surface area contributed by atoms with Crippen LogP contribution in [-0.2, 0) is 16.6 Å². The number of carbonyl (C=O) groups is 1. The van der Waals surface area contributed by atoms with Crippen LogP contribution in [0.2, 0.25) is 0 Å². The lowest BCUT2D eigenvalue weighted by Crippen LogP contribution is -2.48. The van der Waals surface area contributed by atoms with Gasteiger partial charge in [-0.2, -0.15) is 15.5 Å². The molecule has 0 N–H and O–H groups in total. The zero-order chi connectivity index (χ0) is 25.9. The lowest BCUT2D eigenvalue weighted by atomic mass is 9.64. The highest BCUT2D eigenvalue weighted by Crippen LogP contribution is 2.52. The fourth-order valence-corrected chi connectivity index (χ4v) is 5.35. The minimum atomic E-state index is -0.567. The van der Waals surface area contributed by atoms with Gasteiger partial charge in [-0.05, 0) is 63.8 Å². The molecule has 0 bridgehead atoms. The van der Waals surface area contributed by atoms with Crippen molar-refractivity contribution in [2.45, 2.75) is 56.2 Å². The van der Waals surface area contributed by atoms with Gasteiger partial charge in [0.05, 0.1) is 24.6 Å². The molecule has 36 heavy (non-hydrogen) atoms. The van der Waals surface area contributed by atoms with E-state index in [1.807, 2.05) is 45.0 Å². The molecule has 0 unspecified atom stereocenters. The zero-order valence-corrected chi connectivity index (χ0v) is 21.8. The number of carbonyl (C=O) groups excluding carboxylic acids is 1. The molecule has 188 valence electrons. The minimum Gasteiger partial charge on any atom is -0.497 e. The molecule has 0 saturated carbocycles. The van der Waals surface area contributed by atoms with Gasteiger partial charge in [0.1, 0.15) is 17.4 Å². The van der Waals surface area contributed by atoms with Crippen molar-refractivity contribution in [3.63, 3.8) is 0 Å². The van der Waals surface area contributed by atoms with Crippen molar-refractivity contribution in [3.05, 3.63) is 29.3 Å². The molecule has 4 rings (SSSR count). The number of ether oxygens (including phenoxy) is 3. The van der Waals surface area contributed by atoms with E-state index in [0.717, 1.165) is 28.1 Å². The summed E-state index contributed by atoms with van der Waals surface area (Å²) in [5, 5.41) is 18.7. The molecular formula is C26H29N5O4S. The molecule has 2 aromatic rings. The Kier molecular flexibility index (Phi) is 7.28. The Morgan fingerprint density at radius 3 is 2.58 bits per heavy atom. The highest BCUT2D eigenvalue weighted by molar-refractivity contribution is 7.99. The molecule has 1 aromatic heterocycles. The molecule has 9 nitrogen and oxygen atoms in total. The second-order valence-corrected chi connectivity index (χ2v) is 10.8. The van der Waals surface area contributed by atoms with Crippen molar-refractivity contribution in [2.24, 2.45) is 0 Å². The number of methoxy groups -OCH3 is 1. The van der Waals surface area contributed by atoms with Crippen molar-refractivity contribution >= 4 is 17.9 Å². The lowest BCUT2D eigenvalue weighted by molar-refractivity contribution is 0.0161. The van der Waals surface area contributed by atoms with Crippen molar-refractivity contribution in [1.82, 2.24) is 14.9 Å². The summed E-state index contributed by atoms with van der Waals surface area (Å²) >= 11 is 1.23. The molecule has 1 aliphatic heterocycles. The summed E-state index contributed by atoms with van der Waals surface area (Å²) < 4.78 is 16.9. The molecule has 0 atom stereocenters. The predicted octanol–water partition coefficient (Wildman–Crippen LogP) is 4.50. The van der Waals surface area contributed by atoms with Crippen LogP contribution in [0.3, 0.4) is 0 Å². The second kappa shape index (κ2) is 10.2. The summed E-state index contributed by atoms with van der Waals surface area (Å²) in [5.41, 5.74) is 2.69. The number of hydrogen-bond donors (Lipinski definition) is 0. The van der Waals surface area contributed by atoms with Gasteiger partial charge in [0.2, 0.25) is 5.88 Å². The lowest BCUT2D eigenvalue weighted by Gasteiger charge is -2.45. The largest absolute Gasteiger partial charge is 0.497 e. The van der Waals surface area contributed by atoms with E-state index in [4.69, 9.17) is 24.5 Å². The third kappa shape index (κ3) is 5.19. The van der Waals surface area contributed by atoms with Gasteiger partial charge >= 0.3 is 6.09 Å². The standard InChI is InChI=1S/C26H29N5O4S/c1-25(2,3)35-24(32)31-11-7-26(8-12-31)16-17-15-18(33-4)5-6-19(17)21-20(26)22(34-13-9-27)30-23(29-21)36-14-10-28/h5-6,15H,7-8,11-14,16H2,1-4H3. The fourth-order valence-electron chi connectivity index (χ4n) is 4.86. The van der Waals surface area contributed by atoms with Crippen LogP contribution in [0.25, 0.3) is 11.3 Å². The first-order valence-corrected chi connectivity index (χ1v) is 12.8. The number of likely N-dealkylation sites (tertiary alicyclic amines) is 1. The van der Waals surface area contributed by atoms with Gasteiger partial charge in [-0.3, -0.25) is 0 Å². The highest BCUT2D eigenvalue weighted by atomic mass is 32.2. The van der Waals surface area contributed by atoms with Gasteiger partial charge in [-0.1, -0.05) is 11.8 Å². The van der Waals surface area contributed by atoms with Gasteiger partial charge in [0, 0.05) is 29.6 Å². The van der Waals surface area contributed by atoms with Crippen molar-refractivity contribution in [1.29, 1.82) is 10.5 Å². The summed E-state index contributed by atoms with van der Waals surface area (Å²) in [6.07, 6.45) is 1.70. The maximum Gasteiger partial charge on any atom is 0.410 e. The molecule has 0 radical (unpaired) electrons. The first kappa shape index (κ1) is 25.6. The number of hydrogen-bond acceptors (Lipinski definition) is 9. The molecule has 1 spiro atoms. The number of nitriles is 2. The number of nitrogens with zero attached hydrogens (tertiary/aromatic N) is 5. The average molecular weight is 508 g/mol. The van der Waals surface area contributed by atoms with Gasteiger partial charge in [-0.15, -0.1) is 0 Å². The summed E-state index contributed by atoms with van der Waals surface area (Å²) in [5.74, 6) is 1.32. The van der Waals surface area contributed by atoms with Crippen LogP contribution < -0.4 is 9.47 Å². The number of thioether (sulfide) groups is 1. The smallest absolute Gasteiger partial charge is 0.410 e. The Hall–Kier alpha value is -3.50. The number of aromatic nitrogens is 2. The SMILES string of the molecule is COc1ccc2c(c1)CC1(CCN(C(=O)OC(C)(C)C)CC1)c1c(OCC#N)nc(SCC#N)nc1-2. The van der Waals surface area contributed by atoms with Gasteiger partial charge in [0.15, 0.2) is 11.8 Å². The van der Waals surface area contributed by atoms with Crippen molar-refractivity contribution < 1.29 is 19.0 Å². The average Bonchev–Trinajstić information content (AvgIpc) is 2.85. The van der Waals surface area contributed by atoms with Gasteiger partial charge in [0.25, 0.3) is 0 Å². The van der Waals surface area contributed by atoms with Crippen LogP contribution in [0, 0.1) is 22.7 Å². The Bertz CT molecular complexity index is 1240. The van der Waals surface area contributed by atoms with E-state index in [2.05, 4.69) is 11.1 Å². The molecular weight excluding hydrogens is 478 g/mol. The van der Waals surface area contributed by atoms with Crippen molar-refractivity contribution in [2.75, 3.05) is 32.6 Å². The van der Waals surface area contributed by atoms with E-state index in [0.29, 0.717) is 43.4 Å². The number of amides is 1. The fraction of sp³-hybridized carbons (Fsp3) is 0.500. The maximum atomic E-state index is 12.7. The summed E-state index contributed by atoms with van der Waals surface area (Å²) in [6, 6.07) is 10.0. The Balaban J connectivity index is 1.79. The first-order valence-electron chi connectivity index (χ1n) is 11.8. The van der Waals surface area contributed by atoms with E-state index in [-0.39, 0.29) is 18.5 Å². The van der Waals surface area contributed by atoms with Gasteiger partial charge < -0.3 is 19.1 Å². The van der Waals surface area contributed by atoms with E-state index in [1.54, 1.807) is 12.0 Å². The topological polar surface area (TPSA) is 121 Å². The first-order chi connectivity index (χ1) is 17.2. The molecule has 1 saturated heterocycles. The predicted molar refractivity (Wildman–Crippen MR) is 134 cm³/mol. The van der Waals surface area contributed by atoms with E-state index < -0.39 is 11.0 Å². The maximum absolute atomic E-state index is 12.7. The Morgan fingerprint density at radius 1 is 1.19 bits per heavy atom. The summed E-state index contributed by atoms with van der Waals surface area (Å²) in [4.78, 5) is 24.0. The molecule has 1 aromatic carbocycles. The summed E-state index contributed by atoms with van der Waals surface area (Å²) in [6.45, 7) is 6.44. The highest BCUT2D eigenvalue weighted by Gasteiger charge is 2.46. The van der Waals surface area contributed by atoms with E-state index in [9.17, 15) is 10.1 Å². The Morgan fingerprint density at radius 2 is 1.94 bits per heavy atom. The van der Waals surface area contributed by atoms with Crippen LogP contribution in [-0.4, -0.2) is 59.1 Å². The number of piperidine rings is 1. The van der Waals surface area contributed by atoms with E-state index >= 15 is 0 Å². The molecule has 1 aliphatic carbocycles. The number of fused-ring (bicyclic) bond motifs is 4. The quantitative estimate of drug-likeness (QED) is 0.425. The second-order valence-electron chi connectivity index (χ2n) is 9.88. The minimum absolute atomic E-state index is 0.151. The Labute approximate surface area is 215 Å². The molecule has 2 aliphatic rings. The molecule has 1 fully saturated rings. The van der Waals surface area contributed by atoms with Crippen LogP contribution in [0.5, 0.6) is 11.6 Å². The van der Waals surface area contributed by atoms with Crippen LogP contribution in [0.1, 0.15) is 44.7 Å². The van der Waals surface area contributed by atoms with Crippen LogP contribution >= 0.6 is 11.8 Å². The molecule has 2 heterocycles. The third-order valence-corrected chi connectivity index (χ3v) is 7.11.